The maximum absolute atomic E-state index is 13.4. The molecule has 1 atom stereocenters. The van der Waals surface area contributed by atoms with E-state index in [4.69, 9.17) is 4.74 Å². The standard InChI is InChI=1S/C16H18F7NO2/c1-4-11(8-10-6-5-9(2)7-12(10)26-3)24-13(25)14(17,18)15(19,20)16(21,22)23/h5-7,11H,4,8H2,1-3H3,(H,24,25). The van der Waals surface area contributed by atoms with Crippen LogP contribution in [0.15, 0.2) is 18.2 Å². The summed E-state index contributed by atoms with van der Waals surface area (Å²) < 4.78 is 94.3. The molecule has 0 aliphatic heterocycles. The van der Waals surface area contributed by atoms with Gasteiger partial charge in [-0.25, -0.2) is 0 Å². The molecule has 0 saturated carbocycles. The fourth-order valence-electron chi connectivity index (χ4n) is 2.18. The molecule has 10 heteroatoms. The second kappa shape index (κ2) is 7.71. The minimum Gasteiger partial charge on any atom is -0.496 e. The topological polar surface area (TPSA) is 38.3 Å². The molecule has 0 aliphatic rings. The van der Waals surface area contributed by atoms with Gasteiger partial charge in [0.25, 0.3) is 5.91 Å². The van der Waals surface area contributed by atoms with Crippen molar-refractivity contribution in [3.05, 3.63) is 29.3 Å². The van der Waals surface area contributed by atoms with E-state index in [-0.39, 0.29) is 12.8 Å². The van der Waals surface area contributed by atoms with Crippen molar-refractivity contribution in [2.75, 3.05) is 7.11 Å². The first-order chi connectivity index (χ1) is 11.8. The van der Waals surface area contributed by atoms with Gasteiger partial charge >= 0.3 is 18.0 Å². The SMILES string of the molecule is CCC(Cc1ccc(C)cc1OC)NC(=O)C(F)(F)C(F)(F)C(F)(F)F. The van der Waals surface area contributed by atoms with Gasteiger partial charge in [-0.1, -0.05) is 19.1 Å². The number of hydrogen-bond acceptors (Lipinski definition) is 2. The summed E-state index contributed by atoms with van der Waals surface area (Å²) >= 11 is 0. The molecule has 3 nitrogen and oxygen atoms in total. The second-order valence-corrected chi connectivity index (χ2v) is 5.74. The van der Waals surface area contributed by atoms with E-state index in [1.165, 1.54) is 14.0 Å². The van der Waals surface area contributed by atoms with Crippen molar-refractivity contribution in [2.24, 2.45) is 0 Å². The monoisotopic (exact) mass is 389 g/mol. The van der Waals surface area contributed by atoms with Crippen LogP contribution in [0.2, 0.25) is 0 Å². The Hall–Kier alpha value is -2.00. The van der Waals surface area contributed by atoms with Gasteiger partial charge in [0.1, 0.15) is 5.75 Å². The molecule has 0 bridgehead atoms. The van der Waals surface area contributed by atoms with Gasteiger partial charge in [-0.2, -0.15) is 30.7 Å². The Morgan fingerprint density at radius 1 is 1.15 bits per heavy atom. The molecule has 1 aromatic rings. The molecular weight excluding hydrogens is 371 g/mol. The third kappa shape index (κ3) is 4.39. The zero-order valence-corrected chi connectivity index (χ0v) is 14.2. The maximum atomic E-state index is 13.4. The number of amides is 1. The van der Waals surface area contributed by atoms with Crippen molar-refractivity contribution in [2.45, 2.75) is 50.8 Å². The number of ether oxygens (including phenoxy) is 1. The average Bonchev–Trinajstić information content (AvgIpc) is 2.53. The summed E-state index contributed by atoms with van der Waals surface area (Å²) in [5.41, 5.74) is 1.31. The van der Waals surface area contributed by atoms with E-state index in [1.54, 1.807) is 30.4 Å². The minimum atomic E-state index is -6.56. The van der Waals surface area contributed by atoms with E-state index < -0.39 is 30.0 Å². The van der Waals surface area contributed by atoms with E-state index in [0.717, 1.165) is 5.56 Å². The van der Waals surface area contributed by atoms with E-state index in [1.807, 2.05) is 0 Å². The highest BCUT2D eigenvalue weighted by molar-refractivity contribution is 5.85. The van der Waals surface area contributed by atoms with Crippen molar-refractivity contribution in [1.29, 1.82) is 0 Å². The Bertz CT molecular complexity index is 644. The van der Waals surface area contributed by atoms with E-state index in [2.05, 4.69) is 0 Å². The molecular formula is C16H18F7NO2. The highest BCUT2D eigenvalue weighted by atomic mass is 19.4. The minimum absolute atomic E-state index is 0.0242. The first-order valence-electron chi connectivity index (χ1n) is 7.54. The number of alkyl halides is 7. The highest BCUT2D eigenvalue weighted by Gasteiger charge is 2.76. The van der Waals surface area contributed by atoms with Crippen LogP contribution < -0.4 is 10.1 Å². The van der Waals surface area contributed by atoms with Crippen LogP contribution in [0.1, 0.15) is 24.5 Å². The predicted molar refractivity (Wildman–Crippen MR) is 79.6 cm³/mol. The predicted octanol–water partition coefficient (Wildman–Crippen LogP) is 4.27. The first-order valence-corrected chi connectivity index (χ1v) is 7.54. The number of nitrogens with one attached hydrogen (secondary N) is 1. The zero-order valence-electron chi connectivity index (χ0n) is 14.2. The average molecular weight is 389 g/mol. The number of halogens is 7. The summed E-state index contributed by atoms with van der Waals surface area (Å²) in [7, 11) is 1.36. The van der Waals surface area contributed by atoms with Gasteiger partial charge in [0.15, 0.2) is 0 Å². The molecule has 1 rings (SSSR count). The summed E-state index contributed by atoms with van der Waals surface area (Å²) in [4.78, 5) is 11.5. The van der Waals surface area contributed by atoms with Gasteiger partial charge < -0.3 is 10.1 Å². The van der Waals surface area contributed by atoms with Crippen molar-refractivity contribution < 1.29 is 40.3 Å². The molecule has 26 heavy (non-hydrogen) atoms. The lowest BCUT2D eigenvalue weighted by Gasteiger charge is -2.29. The molecule has 148 valence electrons. The van der Waals surface area contributed by atoms with Gasteiger partial charge in [-0.3, -0.25) is 4.79 Å². The molecule has 0 aromatic heterocycles. The van der Waals surface area contributed by atoms with Crippen LogP contribution in [0.4, 0.5) is 30.7 Å². The highest BCUT2D eigenvalue weighted by Crippen LogP contribution is 2.46. The number of carbonyl (C=O) groups excluding carboxylic acids is 1. The Kier molecular flexibility index (Phi) is 6.54. The summed E-state index contributed by atoms with van der Waals surface area (Å²) in [5, 5.41) is 1.58. The van der Waals surface area contributed by atoms with Gasteiger partial charge in [-0.05, 0) is 37.0 Å². The van der Waals surface area contributed by atoms with Crippen LogP contribution in [0.5, 0.6) is 5.75 Å². The van der Waals surface area contributed by atoms with E-state index in [0.29, 0.717) is 11.3 Å². The Morgan fingerprint density at radius 3 is 2.19 bits per heavy atom. The van der Waals surface area contributed by atoms with Crippen LogP contribution in [0.3, 0.4) is 0 Å². The van der Waals surface area contributed by atoms with Crippen LogP contribution >= 0.6 is 0 Å². The van der Waals surface area contributed by atoms with Crippen molar-refractivity contribution in [3.63, 3.8) is 0 Å². The maximum Gasteiger partial charge on any atom is 0.460 e. The smallest absolute Gasteiger partial charge is 0.460 e. The van der Waals surface area contributed by atoms with Crippen molar-refractivity contribution >= 4 is 5.91 Å². The Balaban J connectivity index is 2.99. The van der Waals surface area contributed by atoms with Gasteiger partial charge in [0, 0.05) is 6.04 Å². The lowest BCUT2D eigenvalue weighted by molar-refractivity contribution is -0.344. The molecule has 0 aliphatic carbocycles. The molecule has 0 saturated heterocycles. The number of rotatable bonds is 7. The van der Waals surface area contributed by atoms with E-state index >= 15 is 0 Å². The van der Waals surface area contributed by atoms with Gasteiger partial charge in [-0.15, -0.1) is 0 Å². The molecule has 1 amide bonds. The second-order valence-electron chi connectivity index (χ2n) is 5.74. The summed E-state index contributed by atoms with van der Waals surface area (Å²) in [5.74, 6) is -14.7. The zero-order chi connectivity index (χ0) is 20.3. The fourth-order valence-corrected chi connectivity index (χ4v) is 2.18. The third-order valence-electron chi connectivity index (χ3n) is 3.77. The summed E-state index contributed by atoms with van der Waals surface area (Å²) in [6.07, 6.45) is -6.62. The summed E-state index contributed by atoms with van der Waals surface area (Å²) in [6.45, 7) is 3.23. The quantitative estimate of drug-likeness (QED) is 0.708. The first kappa shape index (κ1) is 22.0. The number of benzene rings is 1. The Labute approximate surface area is 145 Å². The number of hydrogen-bond donors (Lipinski definition) is 1. The molecule has 1 aromatic carbocycles. The Morgan fingerprint density at radius 2 is 1.73 bits per heavy atom. The van der Waals surface area contributed by atoms with Gasteiger partial charge in [0.2, 0.25) is 0 Å². The molecule has 0 radical (unpaired) electrons. The fraction of sp³-hybridized carbons (Fsp3) is 0.562. The molecule has 0 spiro atoms. The lowest BCUT2D eigenvalue weighted by Crippen LogP contribution is -2.60. The molecule has 1 unspecified atom stereocenters. The number of carbonyl (C=O) groups is 1. The van der Waals surface area contributed by atoms with Gasteiger partial charge in [0.05, 0.1) is 7.11 Å². The summed E-state index contributed by atoms with van der Waals surface area (Å²) in [6, 6.07) is 3.81. The van der Waals surface area contributed by atoms with Crippen molar-refractivity contribution in [1.82, 2.24) is 5.32 Å². The number of methoxy groups -OCH3 is 1. The lowest BCUT2D eigenvalue weighted by atomic mass is 10.0. The largest absolute Gasteiger partial charge is 0.496 e. The van der Waals surface area contributed by atoms with Crippen LogP contribution in [-0.4, -0.2) is 37.1 Å². The van der Waals surface area contributed by atoms with Crippen LogP contribution in [0.25, 0.3) is 0 Å². The van der Waals surface area contributed by atoms with Crippen LogP contribution in [-0.2, 0) is 11.2 Å². The normalized spacial score (nSPS) is 14.1. The molecule has 0 fully saturated rings. The number of aryl methyl sites for hydroxylation is 1. The molecule has 0 heterocycles. The third-order valence-corrected chi connectivity index (χ3v) is 3.77. The van der Waals surface area contributed by atoms with Crippen molar-refractivity contribution in [3.8, 4) is 5.75 Å². The molecule has 1 N–H and O–H groups in total. The van der Waals surface area contributed by atoms with E-state index in [9.17, 15) is 35.5 Å². The van der Waals surface area contributed by atoms with Crippen LogP contribution in [0, 0.1) is 6.92 Å².